The zero-order chi connectivity index (χ0) is 15.6. The number of likely N-dealkylation sites (N-methyl/N-ethyl adjacent to an activating group) is 1. The first-order chi connectivity index (χ1) is 9.88. The number of carbonyl (C=O) groups is 2. The number of aromatic carboxylic acids is 1. The van der Waals surface area contributed by atoms with Crippen LogP contribution in [0, 0.1) is 0 Å². The van der Waals surface area contributed by atoms with E-state index in [-0.39, 0.29) is 17.6 Å². The lowest BCUT2D eigenvalue weighted by Gasteiger charge is -2.23. The van der Waals surface area contributed by atoms with Gasteiger partial charge in [-0.05, 0) is 45.1 Å². The molecule has 2 N–H and O–H groups in total. The number of nitrogens with zero attached hydrogens (tertiary/aromatic N) is 2. The summed E-state index contributed by atoms with van der Waals surface area (Å²) in [6.45, 7) is 3.28. The Labute approximate surface area is 124 Å². The van der Waals surface area contributed by atoms with Crippen LogP contribution in [0.1, 0.15) is 22.8 Å². The molecule has 0 spiro atoms. The topological polar surface area (TPSA) is 72.9 Å². The Morgan fingerprint density at radius 2 is 2.14 bits per heavy atom. The summed E-state index contributed by atoms with van der Waals surface area (Å²) in [5.41, 5.74) is 1.91. The molecule has 6 nitrogen and oxygen atoms in total. The van der Waals surface area contributed by atoms with Crippen LogP contribution < -0.4 is 10.2 Å². The van der Waals surface area contributed by atoms with Gasteiger partial charge in [0.05, 0.1) is 5.56 Å². The highest BCUT2D eigenvalue weighted by molar-refractivity contribution is 5.97. The standard InChI is InChI=1S/C15H21N3O3/c1-10(9-17(2)3)16-15(21)18-7-6-11-4-5-12(14(19)20)8-13(11)18/h4-5,8,10H,6-7,9H2,1-3H3,(H,16,21)(H,19,20). The summed E-state index contributed by atoms with van der Waals surface area (Å²) in [5, 5.41) is 12.0. The van der Waals surface area contributed by atoms with Gasteiger partial charge in [-0.3, -0.25) is 4.90 Å². The fraction of sp³-hybridized carbons (Fsp3) is 0.467. The van der Waals surface area contributed by atoms with Gasteiger partial charge in [0, 0.05) is 24.8 Å². The SMILES string of the molecule is CC(CN(C)C)NC(=O)N1CCc2ccc(C(=O)O)cc21. The summed E-state index contributed by atoms with van der Waals surface area (Å²) in [6.07, 6.45) is 0.755. The molecule has 1 unspecified atom stereocenters. The first-order valence-corrected chi connectivity index (χ1v) is 6.97. The second kappa shape index (κ2) is 6.13. The monoisotopic (exact) mass is 291 g/mol. The number of nitrogens with one attached hydrogen (secondary N) is 1. The summed E-state index contributed by atoms with van der Waals surface area (Å²) in [6, 6.07) is 4.79. The van der Waals surface area contributed by atoms with Crippen molar-refractivity contribution in [1.82, 2.24) is 10.2 Å². The van der Waals surface area contributed by atoms with E-state index in [2.05, 4.69) is 5.32 Å². The Hall–Kier alpha value is -2.08. The summed E-state index contributed by atoms with van der Waals surface area (Å²) < 4.78 is 0. The van der Waals surface area contributed by atoms with Gasteiger partial charge >= 0.3 is 12.0 Å². The van der Waals surface area contributed by atoms with Crippen molar-refractivity contribution in [2.75, 3.05) is 32.1 Å². The van der Waals surface area contributed by atoms with Crippen molar-refractivity contribution in [1.29, 1.82) is 0 Å². The average molecular weight is 291 g/mol. The van der Waals surface area contributed by atoms with Gasteiger partial charge in [0.25, 0.3) is 0 Å². The van der Waals surface area contributed by atoms with Crippen LogP contribution >= 0.6 is 0 Å². The number of hydrogen-bond acceptors (Lipinski definition) is 3. The quantitative estimate of drug-likeness (QED) is 0.879. The number of benzene rings is 1. The van der Waals surface area contributed by atoms with E-state index in [9.17, 15) is 9.59 Å². The molecule has 1 atom stereocenters. The maximum absolute atomic E-state index is 12.3. The van der Waals surface area contributed by atoms with E-state index in [1.54, 1.807) is 23.1 Å². The van der Waals surface area contributed by atoms with Gasteiger partial charge in [0.1, 0.15) is 0 Å². The zero-order valence-corrected chi connectivity index (χ0v) is 12.6. The Balaban J connectivity index is 2.12. The minimum Gasteiger partial charge on any atom is -0.478 e. The predicted octanol–water partition coefficient (Wildman–Crippen LogP) is 1.41. The third-order valence-corrected chi connectivity index (χ3v) is 3.48. The molecule has 1 heterocycles. The molecule has 0 fully saturated rings. The van der Waals surface area contributed by atoms with Crippen LogP contribution in [0.25, 0.3) is 0 Å². The van der Waals surface area contributed by atoms with E-state index in [0.29, 0.717) is 12.2 Å². The lowest BCUT2D eigenvalue weighted by molar-refractivity contribution is 0.0697. The molecule has 114 valence electrons. The molecule has 2 rings (SSSR count). The molecule has 21 heavy (non-hydrogen) atoms. The van der Waals surface area contributed by atoms with Crippen LogP contribution in [0.3, 0.4) is 0 Å². The molecule has 0 aromatic heterocycles. The maximum Gasteiger partial charge on any atom is 0.335 e. The number of carboxylic acid groups (broad SMARTS) is 1. The summed E-state index contributed by atoms with van der Waals surface area (Å²) >= 11 is 0. The Morgan fingerprint density at radius 1 is 1.43 bits per heavy atom. The predicted molar refractivity (Wildman–Crippen MR) is 81.0 cm³/mol. The first-order valence-electron chi connectivity index (χ1n) is 6.97. The van der Waals surface area contributed by atoms with Crippen molar-refractivity contribution in [3.05, 3.63) is 29.3 Å². The highest BCUT2D eigenvalue weighted by Gasteiger charge is 2.26. The first kappa shape index (κ1) is 15.3. The second-order valence-electron chi connectivity index (χ2n) is 5.66. The molecule has 0 saturated heterocycles. The van der Waals surface area contributed by atoms with E-state index in [1.165, 1.54) is 0 Å². The van der Waals surface area contributed by atoms with Gasteiger partial charge < -0.3 is 15.3 Å². The van der Waals surface area contributed by atoms with Gasteiger partial charge in [-0.1, -0.05) is 6.07 Å². The number of carboxylic acids is 1. The third kappa shape index (κ3) is 3.52. The van der Waals surface area contributed by atoms with Crippen molar-refractivity contribution >= 4 is 17.7 Å². The maximum atomic E-state index is 12.3. The van der Waals surface area contributed by atoms with Crippen molar-refractivity contribution in [2.45, 2.75) is 19.4 Å². The van der Waals surface area contributed by atoms with Crippen LogP contribution in [0.5, 0.6) is 0 Å². The highest BCUT2D eigenvalue weighted by Crippen LogP contribution is 2.29. The highest BCUT2D eigenvalue weighted by atomic mass is 16.4. The normalized spacial score (nSPS) is 15.0. The number of hydrogen-bond donors (Lipinski definition) is 2. The molecule has 1 aromatic carbocycles. The van der Waals surface area contributed by atoms with E-state index in [0.717, 1.165) is 18.5 Å². The van der Waals surface area contributed by atoms with Crippen LogP contribution in [-0.2, 0) is 6.42 Å². The molecule has 0 saturated carbocycles. The van der Waals surface area contributed by atoms with E-state index in [1.807, 2.05) is 25.9 Å². The van der Waals surface area contributed by atoms with Crippen molar-refractivity contribution in [3.63, 3.8) is 0 Å². The smallest absolute Gasteiger partial charge is 0.335 e. The van der Waals surface area contributed by atoms with Crippen LogP contribution in [0.2, 0.25) is 0 Å². The molecular formula is C15H21N3O3. The molecule has 0 aliphatic carbocycles. The van der Waals surface area contributed by atoms with Gasteiger partial charge in [-0.15, -0.1) is 0 Å². The Kier molecular flexibility index (Phi) is 4.47. The van der Waals surface area contributed by atoms with Crippen molar-refractivity contribution < 1.29 is 14.7 Å². The number of anilines is 1. The molecule has 6 heteroatoms. The summed E-state index contributed by atoms with van der Waals surface area (Å²) in [7, 11) is 3.90. The number of rotatable bonds is 4. The molecule has 1 aliphatic rings. The molecular weight excluding hydrogens is 270 g/mol. The van der Waals surface area contributed by atoms with E-state index >= 15 is 0 Å². The molecule has 2 amide bonds. The van der Waals surface area contributed by atoms with Gasteiger partial charge in [0.2, 0.25) is 0 Å². The van der Waals surface area contributed by atoms with Crippen LogP contribution in [0.4, 0.5) is 10.5 Å². The van der Waals surface area contributed by atoms with Gasteiger partial charge in [-0.2, -0.15) is 0 Å². The number of carbonyl (C=O) groups excluding carboxylic acids is 1. The molecule has 0 radical (unpaired) electrons. The fourth-order valence-electron chi connectivity index (χ4n) is 2.61. The minimum absolute atomic E-state index is 0.0270. The number of fused-ring (bicyclic) bond motifs is 1. The number of amides is 2. The molecule has 1 aliphatic heterocycles. The van der Waals surface area contributed by atoms with E-state index < -0.39 is 5.97 Å². The average Bonchev–Trinajstić information content (AvgIpc) is 2.79. The van der Waals surface area contributed by atoms with Crippen molar-refractivity contribution in [2.24, 2.45) is 0 Å². The fourth-order valence-corrected chi connectivity index (χ4v) is 2.61. The van der Waals surface area contributed by atoms with Gasteiger partial charge in [0.15, 0.2) is 0 Å². The second-order valence-corrected chi connectivity index (χ2v) is 5.66. The summed E-state index contributed by atoms with van der Waals surface area (Å²) in [4.78, 5) is 27.0. The van der Waals surface area contributed by atoms with Crippen LogP contribution in [0.15, 0.2) is 18.2 Å². The lowest BCUT2D eigenvalue weighted by atomic mass is 10.1. The van der Waals surface area contributed by atoms with Gasteiger partial charge in [-0.25, -0.2) is 9.59 Å². The Bertz CT molecular complexity index is 557. The zero-order valence-electron chi connectivity index (χ0n) is 12.6. The largest absolute Gasteiger partial charge is 0.478 e. The molecule has 1 aromatic rings. The van der Waals surface area contributed by atoms with Crippen LogP contribution in [-0.4, -0.2) is 55.2 Å². The number of urea groups is 1. The van der Waals surface area contributed by atoms with Crippen molar-refractivity contribution in [3.8, 4) is 0 Å². The van der Waals surface area contributed by atoms with E-state index in [4.69, 9.17) is 5.11 Å². The third-order valence-electron chi connectivity index (χ3n) is 3.48. The minimum atomic E-state index is -0.981. The summed E-state index contributed by atoms with van der Waals surface area (Å²) in [5.74, 6) is -0.981. The molecule has 0 bridgehead atoms. The lowest BCUT2D eigenvalue weighted by Crippen LogP contribution is -2.46. The Morgan fingerprint density at radius 3 is 2.76 bits per heavy atom.